The van der Waals surface area contributed by atoms with Crippen LogP contribution in [0.15, 0.2) is 60.8 Å². The Hall–Kier alpha value is -3.36. The number of halogens is 3. The molecule has 9 heteroatoms. The predicted octanol–water partition coefficient (Wildman–Crippen LogP) is 5.59. The zero-order valence-electron chi connectivity index (χ0n) is 21.6. The van der Waals surface area contributed by atoms with Crippen LogP contribution in [0.2, 0.25) is 5.02 Å². The van der Waals surface area contributed by atoms with Gasteiger partial charge in [0.25, 0.3) is 0 Å². The van der Waals surface area contributed by atoms with Gasteiger partial charge in [-0.25, -0.2) is 13.8 Å². The molecule has 0 saturated carbocycles. The summed E-state index contributed by atoms with van der Waals surface area (Å²) >= 11 is 5.93. The second-order valence-corrected chi connectivity index (χ2v) is 9.79. The van der Waals surface area contributed by atoms with Crippen molar-refractivity contribution in [1.82, 2.24) is 15.6 Å². The molecular formula is C29H33ClF2N4O2. The number of aryl methyl sites for hydroxylation is 1. The molecule has 2 aromatic carbocycles. The SMILES string of the molecule is CCCC(NC(=O)Cc1cc(F)cc(F)c1)C(=O)Nc1ccc(CCC(C)NCc2ccc(Cl)cc2)cn1. The van der Waals surface area contributed by atoms with E-state index in [1.54, 1.807) is 12.3 Å². The fourth-order valence-electron chi connectivity index (χ4n) is 3.94. The van der Waals surface area contributed by atoms with Crippen LogP contribution in [0, 0.1) is 11.6 Å². The summed E-state index contributed by atoms with van der Waals surface area (Å²) < 4.78 is 26.8. The van der Waals surface area contributed by atoms with Gasteiger partial charge in [0.2, 0.25) is 11.8 Å². The van der Waals surface area contributed by atoms with Gasteiger partial charge in [0.15, 0.2) is 0 Å². The lowest BCUT2D eigenvalue weighted by Crippen LogP contribution is -2.44. The molecule has 1 heterocycles. The van der Waals surface area contributed by atoms with Crippen LogP contribution in [-0.2, 0) is 29.0 Å². The first-order chi connectivity index (χ1) is 18.2. The number of pyridine rings is 1. The molecule has 38 heavy (non-hydrogen) atoms. The van der Waals surface area contributed by atoms with E-state index in [4.69, 9.17) is 11.6 Å². The largest absolute Gasteiger partial charge is 0.344 e. The number of hydrogen-bond acceptors (Lipinski definition) is 4. The molecule has 0 saturated heterocycles. The molecule has 0 bridgehead atoms. The van der Waals surface area contributed by atoms with Crippen LogP contribution < -0.4 is 16.0 Å². The average molecular weight is 543 g/mol. The van der Waals surface area contributed by atoms with Gasteiger partial charge in [-0.3, -0.25) is 9.59 Å². The molecule has 3 aromatic rings. The number of benzene rings is 2. The van der Waals surface area contributed by atoms with Crippen LogP contribution in [0.25, 0.3) is 0 Å². The summed E-state index contributed by atoms with van der Waals surface area (Å²) in [6.07, 6.45) is 4.30. The second kappa shape index (κ2) is 14.5. The van der Waals surface area contributed by atoms with Crippen molar-refractivity contribution in [3.8, 4) is 0 Å². The van der Waals surface area contributed by atoms with Gasteiger partial charge in [-0.1, -0.05) is 43.1 Å². The summed E-state index contributed by atoms with van der Waals surface area (Å²) in [5, 5.41) is 9.62. The molecule has 0 aliphatic rings. The Morgan fingerprint density at radius 2 is 1.63 bits per heavy atom. The van der Waals surface area contributed by atoms with E-state index in [1.807, 2.05) is 37.3 Å². The first kappa shape index (κ1) is 29.2. The number of nitrogens with zero attached hydrogens (tertiary/aromatic N) is 1. The Balaban J connectivity index is 1.46. The lowest BCUT2D eigenvalue weighted by molar-refractivity contribution is -0.126. The zero-order valence-corrected chi connectivity index (χ0v) is 22.3. The quantitative estimate of drug-likeness (QED) is 0.263. The molecule has 0 radical (unpaired) electrons. The van der Waals surface area contributed by atoms with Crippen molar-refractivity contribution in [3.05, 3.63) is 94.1 Å². The summed E-state index contributed by atoms with van der Waals surface area (Å²) in [7, 11) is 0. The highest BCUT2D eigenvalue weighted by Gasteiger charge is 2.21. The summed E-state index contributed by atoms with van der Waals surface area (Å²) in [5.41, 5.74) is 2.41. The predicted molar refractivity (Wildman–Crippen MR) is 146 cm³/mol. The Bertz CT molecular complexity index is 1190. The standard InChI is InChI=1S/C29H33ClF2N4O2/c1-3-4-26(35-28(37)15-22-13-24(31)16-25(32)14-22)29(38)36-27-12-9-20(18-34-27)6-5-19(2)33-17-21-7-10-23(30)11-8-21/h7-14,16,18-19,26,33H,3-6,15,17H2,1-2H3,(H,35,37)(H,34,36,38). The monoisotopic (exact) mass is 542 g/mol. The third-order valence-electron chi connectivity index (χ3n) is 6.03. The van der Waals surface area contributed by atoms with Crippen molar-refractivity contribution in [2.45, 2.75) is 64.6 Å². The smallest absolute Gasteiger partial charge is 0.248 e. The second-order valence-electron chi connectivity index (χ2n) is 9.35. The van der Waals surface area contributed by atoms with Crippen LogP contribution in [0.5, 0.6) is 0 Å². The minimum Gasteiger partial charge on any atom is -0.344 e. The van der Waals surface area contributed by atoms with Gasteiger partial charge in [-0.2, -0.15) is 0 Å². The number of hydrogen-bond donors (Lipinski definition) is 3. The average Bonchev–Trinajstić information content (AvgIpc) is 2.87. The van der Waals surface area contributed by atoms with E-state index in [1.165, 1.54) is 5.56 Å². The molecule has 3 rings (SSSR count). The van der Waals surface area contributed by atoms with E-state index >= 15 is 0 Å². The van der Waals surface area contributed by atoms with Crippen molar-refractivity contribution < 1.29 is 18.4 Å². The number of rotatable bonds is 13. The summed E-state index contributed by atoms with van der Waals surface area (Å²) in [5.74, 6) is -2.02. The molecule has 2 amide bonds. The Labute approximate surface area is 227 Å². The van der Waals surface area contributed by atoms with Crippen LogP contribution >= 0.6 is 11.6 Å². The summed E-state index contributed by atoms with van der Waals surface area (Å²) in [4.78, 5) is 29.6. The van der Waals surface area contributed by atoms with Gasteiger partial charge < -0.3 is 16.0 Å². The maximum absolute atomic E-state index is 13.4. The maximum Gasteiger partial charge on any atom is 0.248 e. The highest BCUT2D eigenvalue weighted by Crippen LogP contribution is 2.13. The molecular weight excluding hydrogens is 510 g/mol. The molecule has 0 spiro atoms. The Kier molecular flexibility index (Phi) is 11.2. The van der Waals surface area contributed by atoms with Gasteiger partial charge in [-0.05, 0) is 73.2 Å². The van der Waals surface area contributed by atoms with E-state index in [9.17, 15) is 18.4 Å². The van der Waals surface area contributed by atoms with Crippen LogP contribution in [0.3, 0.4) is 0 Å². The fourth-order valence-corrected chi connectivity index (χ4v) is 4.07. The van der Waals surface area contributed by atoms with Crippen LogP contribution in [0.1, 0.15) is 49.8 Å². The topological polar surface area (TPSA) is 83.1 Å². The van der Waals surface area contributed by atoms with Gasteiger partial charge in [0.1, 0.15) is 23.5 Å². The zero-order chi connectivity index (χ0) is 27.5. The van der Waals surface area contributed by atoms with Gasteiger partial charge in [-0.15, -0.1) is 0 Å². The van der Waals surface area contributed by atoms with E-state index in [-0.39, 0.29) is 12.0 Å². The molecule has 6 nitrogen and oxygen atoms in total. The van der Waals surface area contributed by atoms with Crippen LogP contribution in [-0.4, -0.2) is 28.9 Å². The van der Waals surface area contributed by atoms with Crippen LogP contribution in [0.4, 0.5) is 14.6 Å². The lowest BCUT2D eigenvalue weighted by Gasteiger charge is -2.18. The third-order valence-corrected chi connectivity index (χ3v) is 6.28. The van der Waals surface area contributed by atoms with E-state index in [0.29, 0.717) is 24.7 Å². The number of aromatic nitrogens is 1. The maximum atomic E-state index is 13.4. The minimum absolute atomic E-state index is 0.197. The number of anilines is 1. The number of carbonyl (C=O) groups is 2. The van der Waals surface area contributed by atoms with Gasteiger partial charge in [0.05, 0.1) is 6.42 Å². The van der Waals surface area contributed by atoms with Crippen molar-refractivity contribution in [2.24, 2.45) is 0 Å². The molecule has 2 unspecified atom stereocenters. The normalized spacial score (nSPS) is 12.6. The molecule has 0 fully saturated rings. The number of amides is 2. The molecule has 202 valence electrons. The molecule has 1 aromatic heterocycles. The number of carbonyl (C=O) groups excluding carboxylic acids is 2. The van der Waals surface area contributed by atoms with Crippen molar-refractivity contribution in [1.29, 1.82) is 0 Å². The highest BCUT2D eigenvalue weighted by molar-refractivity contribution is 6.30. The van der Waals surface area contributed by atoms with Crippen molar-refractivity contribution >= 4 is 29.2 Å². The van der Waals surface area contributed by atoms with E-state index in [0.717, 1.165) is 48.2 Å². The van der Waals surface area contributed by atoms with E-state index in [2.05, 4.69) is 27.9 Å². The van der Waals surface area contributed by atoms with Gasteiger partial charge in [0, 0.05) is 29.9 Å². The summed E-state index contributed by atoms with van der Waals surface area (Å²) in [6, 6.07) is 13.9. The fraction of sp³-hybridized carbons (Fsp3) is 0.345. The first-order valence-corrected chi connectivity index (χ1v) is 13.1. The third kappa shape index (κ3) is 9.84. The van der Waals surface area contributed by atoms with Gasteiger partial charge >= 0.3 is 0 Å². The molecule has 0 aliphatic carbocycles. The van der Waals surface area contributed by atoms with Crippen molar-refractivity contribution in [2.75, 3.05) is 5.32 Å². The molecule has 3 N–H and O–H groups in total. The Morgan fingerprint density at radius 3 is 2.26 bits per heavy atom. The lowest BCUT2D eigenvalue weighted by atomic mass is 10.1. The highest BCUT2D eigenvalue weighted by atomic mass is 35.5. The minimum atomic E-state index is -0.792. The van der Waals surface area contributed by atoms with E-state index < -0.39 is 29.5 Å². The Morgan fingerprint density at radius 1 is 0.947 bits per heavy atom. The molecule has 2 atom stereocenters. The first-order valence-electron chi connectivity index (χ1n) is 12.7. The summed E-state index contributed by atoms with van der Waals surface area (Å²) in [6.45, 7) is 4.79. The van der Waals surface area contributed by atoms with Crippen molar-refractivity contribution in [3.63, 3.8) is 0 Å². The molecule has 0 aliphatic heterocycles. The number of nitrogens with one attached hydrogen (secondary N) is 3.